The van der Waals surface area contributed by atoms with E-state index in [0.29, 0.717) is 0 Å². The van der Waals surface area contributed by atoms with Gasteiger partial charge < -0.3 is 0 Å². The van der Waals surface area contributed by atoms with Crippen LogP contribution in [0.3, 0.4) is 0 Å². The summed E-state index contributed by atoms with van der Waals surface area (Å²) in [6, 6.07) is 0. The van der Waals surface area contributed by atoms with Gasteiger partial charge in [-0.2, -0.15) is 0 Å². The quantitative estimate of drug-likeness (QED) is 0.581. The molecule has 0 heterocycles. The summed E-state index contributed by atoms with van der Waals surface area (Å²) in [5.74, 6) is 4.16. The summed E-state index contributed by atoms with van der Waals surface area (Å²) < 4.78 is 0. The lowest BCUT2D eigenvalue weighted by molar-refractivity contribution is -0.0179. The third-order valence-corrected chi connectivity index (χ3v) is 3.86. The summed E-state index contributed by atoms with van der Waals surface area (Å²) in [4.78, 5) is 0. The molecular formula is C11H22. The van der Waals surface area contributed by atoms with Crippen LogP contribution in [0.15, 0.2) is 0 Å². The molecule has 0 aromatic heterocycles. The van der Waals surface area contributed by atoms with Gasteiger partial charge in [-0.3, -0.25) is 0 Å². The maximum Gasteiger partial charge on any atom is -0.0355 e. The van der Waals surface area contributed by atoms with Crippen LogP contribution < -0.4 is 0 Å². The zero-order chi connectivity index (χ0) is 8.43. The van der Waals surface area contributed by atoms with Gasteiger partial charge in [0.15, 0.2) is 0 Å². The van der Waals surface area contributed by atoms with Crippen molar-refractivity contribution in [3.8, 4) is 0 Å². The van der Waals surface area contributed by atoms with Crippen LogP contribution >= 0.6 is 0 Å². The van der Waals surface area contributed by atoms with Gasteiger partial charge in [-0.1, -0.05) is 47.0 Å². The first kappa shape index (κ1) is 9.09. The van der Waals surface area contributed by atoms with E-state index >= 15 is 0 Å². The first-order chi connectivity index (χ1) is 5.26. The molecule has 0 saturated heterocycles. The van der Waals surface area contributed by atoms with Crippen LogP contribution in [0, 0.1) is 23.7 Å². The molecule has 0 aromatic rings. The second-order valence-electron chi connectivity index (χ2n) is 4.08. The second-order valence-corrected chi connectivity index (χ2v) is 4.08. The van der Waals surface area contributed by atoms with E-state index < -0.39 is 0 Å². The summed E-state index contributed by atoms with van der Waals surface area (Å²) in [6.45, 7) is 9.47. The van der Waals surface area contributed by atoms with Gasteiger partial charge in [0, 0.05) is 0 Å². The number of hydrogen-bond acceptors (Lipinski definition) is 0. The molecule has 0 spiro atoms. The first-order valence-electron chi connectivity index (χ1n) is 5.26. The lowest BCUT2D eigenvalue weighted by Crippen LogP contribution is -2.44. The van der Waals surface area contributed by atoms with Gasteiger partial charge in [0.25, 0.3) is 0 Å². The van der Waals surface area contributed by atoms with Crippen LogP contribution in [0.5, 0.6) is 0 Å². The van der Waals surface area contributed by atoms with Crippen molar-refractivity contribution in [3.63, 3.8) is 0 Å². The van der Waals surface area contributed by atoms with Gasteiger partial charge in [-0.25, -0.2) is 0 Å². The molecule has 1 fully saturated rings. The van der Waals surface area contributed by atoms with Crippen LogP contribution in [0.25, 0.3) is 0 Å². The van der Waals surface area contributed by atoms with Crippen molar-refractivity contribution in [2.45, 2.75) is 47.0 Å². The topological polar surface area (TPSA) is 0 Å². The Labute approximate surface area is 71.4 Å². The normalized spacial score (nSPS) is 43.6. The summed E-state index contributed by atoms with van der Waals surface area (Å²) >= 11 is 0. The molecule has 11 heavy (non-hydrogen) atoms. The summed E-state index contributed by atoms with van der Waals surface area (Å²) in [5.41, 5.74) is 0. The van der Waals surface area contributed by atoms with E-state index in [9.17, 15) is 0 Å². The predicted molar refractivity (Wildman–Crippen MR) is 50.5 cm³/mol. The lowest BCUT2D eigenvalue weighted by Gasteiger charge is -2.50. The summed E-state index contributed by atoms with van der Waals surface area (Å²) in [6.07, 6.45) is 4.20. The molecule has 1 rings (SSSR count). The molecule has 66 valence electrons. The fraction of sp³-hybridized carbons (Fsp3) is 1.00. The highest BCUT2D eigenvalue weighted by molar-refractivity contribution is 4.92. The third-order valence-electron chi connectivity index (χ3n) is 3.86. The van der Waals surface area contributed by atoms with Crippen molar-refractivity contribution in [1.82, 2.24) is 0 Å². The maximum atomic E-state index is 2.44. The minimum atomic E-state index is 1.01. The molecule has 2 unspecified atom stereocenters. The van der Waals surface area contributed by atoms with Gasteiger partial charge in [0.1, 0.15) is 0 Å². The van der Waals surface area contributed by atoms with Crippen LogP contribution in [0.2, 0.25) is 0 Å². The monoisotopic (exact) mass is 154 g/mol. The van der Waals surface area contributed by atoms with E-state index in [2.05, 4.69) is 27.7 Å². The molecule has 1 aliphatic rings. The zero-order valence-electron chi connectivity index (χ0n) is 8.43. The van der Waals surface area contributed by atoms with Gasteiger partial charge >= 0.3 is 0 Å². The van der Waals surface area contributed by atoms with Crippen LogP contribution in [-0.4, -0.2) is 0 Å². The van der Waals surface area contributed by atoms with Crippen LogP contribution in [0.1, 0.15) is 47.0 Å². The van der Waals surface area contributed by atoms with E-state index in [1.165, 1.54) is 19.3 Å². The highest BCUT2D eigenvalue weighted by Crippen LogP contribution is 2.50. The molecule has 0 amide bonds. The van der Waals surface area contributed by atoms with Crippen molar-refractivity contribution in [2.75, 3.05) is 0 Å². The number of hydrogen-bond donors (Lipinski definition) is 0. The molecule has 0 radical (unpaired) electrons. The van der Waals surface area contributed by atoms with Crippen molar-refractivity contribution >= 4 is 0 Å². The third kappa shape index (κ3) is 1.32. The van der Waals surface area contributed by atoms with Crippen LogP contribution in [-0.2, 0) is 0 Å². The zero-order valence-corrected chi connectivity index (χ0v) is 8.43. The standard InChI is InChI=1S/C11H22/c1-5-9-8(4)10(6-2)11(9)7-3/h8-11H,5-7H2,1-4H3. The molecule has 0 N–H and O–H groups in total. The Morgan fingerprint density at radius 2 is 1.09 bits per heavy atom. The highest BCUT2D eigenvalue weighted by Gasteiger charge is 2.43. The summed E-state index contributed by atoms with van der Waals surface area (Å²) in [5, 5.41) is 0. The van der Waals surface area contributed by atoms with E-state index in [-0.39, 0.29) is 0 Å². The van der Waals surface area contributed by atoms with Gasteiger partial charge in [-0.15, -0.1) is 0 Å². The van der Waals surface area contributed by atoms with Gasteiger partial charge in [0.2, 0.25) is 0 Å². The van der Waals surface area contributed by atoms with E-state index in [4.69, 9.17) is 0 Å². The SMILES string of the molecule is CCC1C(C)C(CC)C1CC. The largest absolute Gasteiger partial charge is 0.0651 e. The number of rotatable bonds is 3. The molecule has 1 aliphatic carbocycles. The van der Waals surface area contributed by atoms with E-state index in [0.717, 1.165) is 23.7 Å². The van der Waals surface area contributed by atoms with E-state index in [1.54, 1.807) is 0 Å². The molecule has 0 aromatic carbocycles. The predicted octanol–water partition coefficient (Wildman–Crippen LogP) is 3.71. The first-order valence-corrected chi connectivity index (χ1v) is 5.26. The van der Waals surface area contributed by atoms with E-state index in [1.807, 2.05) is 0 Å². The maximum absolute atomic E-state index is 2.44. The fourth-order valence-corrected chi connectivity index (χ4v) is 3.22. The van der Waals surface area contributed by atoms with Crippen molar-refractivity contribution in [2.24, 2.45) is 23.7 Å². The van der Waals surface area contributed by atoms with Gasteiger partial charge in [0.05, 0.1) is 0 Å². The van der Waals surface area contributed by atoms with Crippen LogP contribution in [0.4, 0.5) is 0 Å². The van der Waals surface area contributed by atoms with Crippen molar-refractivity contribution in [3.05, 3.63) is 0 Å². The lowest BCUT2D eigenvalue weighted by atomic mass is 9.55. The fourth-order valence-electron chi connectivity index (χ4n) is 3.22. The highest BCUT2D eigenvalue weighted by atomic mass is 14.5. The Morgan fingerprint density at radius 1 is 0.727 bits per heavy atom. The smallest absolute Gasteiger partial charge is 0.0355 e. The average molecular weight is 154 g/mol. The molecule has 0 aliphatic heterocycles. The molecule has 0 nitrogen and oxygen atoms in total. The van der Waals surface area contributed by atoms with Crippen molar-refractivity contribution in [1.29, 1.82) is 0 Å². The Kier molecular flexibility index (Phi) is 2.98. The summed E-state index contributed by atoms with van der Waals surface area (Å²) in [7, 11) is 0. The van der Waals surface area contributed by atoms with Crippen molar-refractivity contribution < 1.29 is 0 Å². The minimum Gasteiger partial charge on any atom is -0.0651 e. The second kappa shape index (κ2) is 3.60. The minimum absolute atomic E-state index is 1.01. The molecule has 1 saturated carbocycles. The van der Waals surface area contributed by atoms with Gasteiger partial charge in [-0.05, 0) is 23.7 Å². The molecule has 0 bridgehead atoms. The molecule has 0 heteroatoms. The average Bonchev–Trinajstić information content (AvgIpc) is 2.01. The Hall–Kier alpha value is 0. The Morgan fingerprint density at radius 3 is 1.36 bits per heavy atom. The Bertz CT molecular complexity index is 105. The molecular weight excluding hydrogens is 132 g/mol. The Balaban J connectivity index is 2.47. The molecule has 2 atom stereocenters.